The van der Waals surface area contributed by atoms with Gasteiger partial charge in [0.05, 0.1) is 13.2 Å². The molecule has 5 heteroatoms. The fourth-order valence-electron chi connectivity index (χ4n) is 2.87. The summed E-state index contributed by atoms with van der Waals surface area (Å²) >= 11 is 0. The van der Waals surface area contributed by atoms with Crippen LogP contribution in [0.5, 0.6) is 0 Å². The van der Waals surface area contributed by atoms with Gasteiger partial charge < -0.3 is 19.5 Å². The van der Waals surface area contributed by atoms with Crippen LogP contribution in [-0.2, 0) is 9.47 Å². The lowest BCUT2D eigenvalue weighted by Gasteiger charge is -2.33. The summed E-state index contributed by atoms with van der Waals surface area (Å²) in [6.07, 6.45) is 4.86. The summed E-state index contributed by atoms with van der Waals surface area (Å²) in [5, 5.41) is 10.1. The maximum absolute atomic E-state index is 10.1. The molecule has 0 bridgehead atoms. The zero-order chi connectivity index (χ0) is 13.7. The zero-order valence-electron chi connectivity index (χ0n) is 12.0. The molecule has 2 heterocycles. The van der Waals surface area contributed by atoms with Gasteiger partial charge in [-0.3, -0.25) is 0 Å². The van der Waals surface area contributed by atoms with Crippen molar-refractivity contribution in [1.82, 2.24) is 9.80 Å². The molecule has 2 aliphatic heterocycles. The third-order valence-electron chi connectivity index (χ3n) is 4.01. The van der Waals surface area contributed by atoms with Crippen molar-refractivity contribution in [2.75, 3.05) is 47.0 Å². The number of likely N-dealkylation sites (N-methyl/N-ethyl adjacent to an activating group) is 1. The van der Waals surface area contributed by atoms with E-state index >= 15 is 0 Å². The number of nitrogens with zero attached hydrogens (tertiary/aromatic N) is 2. The zero-order valence-corrected chi connectivity index (χ0v) is 12.0. The molecule has 110 valence electrons. The molecule has 19 heavy (non-hydrogen) atoms. The van der Waals surface area contributed by atoms with Crippen LogP contribution >= 0.6 is 0 Å². The molecular weight excluding hydrogens is 244 g/mol. The number of rotatable bonds is 6. The van der Waals surface area contributed by atoms with E-state index in [1.807, 2.05) is 0 Å². The molecular formula is C14H26N2O3. The van der Waals surface area contributed by atoms with E-state index in [0.717, 1.165) is 38.9 Å². The molecule has 1 saturated heterocycles. The van der Waals surface area contributed by atoms with Gasteiger partial charge in [0, 0.05) is 32.8 Å². The average molecular weight is 270 g/mol. The Balaban J connectivity index is 1.89. The largest absolute Gasteiger partial charge is 0.382 e. The molecule has 0 radical (unpaired) electrons. The normalized spacial score (nSPS) is 27.5. The first kappa shape index (κ1) is 14.9. The Morgan fingerprint density at radius 3 is 2.95 bits per heavy atom. The van der Waals surface area contributed by atoms with Crippen LogP contribution in [0.1, 0.15) is 19.3 Å². The Bertz CT molecular complexity index is 309. The molecule has 1 N–H and O–H groups in total. The smallest absolute Gasteiger partial charge is 0.216 e. The average Bonchev–Trinajstić information content (AvgIpc) is 2.89. The summed E-state index contributed by atoms with van der Waals surface area (Å²) in [7, 11) is 3.78. The first-order valence-electron chi connectivity index (χ1n) is 7.14. The SMILES string of the molecule is COCCOC(O)N1CCC[C@H]1C1=CCN(C)CC1. The van der Waals surface area contributed by atoms with E-state index in [0.29, 0.717) is 19.3 Å². The first-order chi connectivity index (χ1) is 9.22. The lowest BCUT2D eigenvalue weighted by Crippen LogP contribution is -2.43. The van der Waals surface area contributed by atoms with Crippen molar-refractivity contribution in [1.29, 1.82) is 0 Å². The Morgan fingerprint density at radius 2 is 2.26 bits per heavy atom. The molecule has 1 unspecified atom stereocenters. The molecule has 0 saturated carbocycles. The van der Waals surface area contributed by atoms with Gasteiger partial charge in [-0.05, 0) is 26.3 Å². The highest BCUT2D eigenvalue weighted by Gasteiger charge is 2.33. The van der Waals surface area contributed by atoms with E-state index in [-0.39, 0.29) is 0 Å². The number of aliphatic hydroxyl groups excluding tert-OH is 1. The van der Waals surface area contributed by atoms with Gasteiger partial charge in [0.15, 0.2) is 0 Å². The summed E-state index contributed by atoms with van der Waals surface area (Å²) in [4.78, 5) is 4.39. The monoisotopic (exact) mass is 270 g/mol. The van der Waals surface area contributed by atoms with Crippen LogP contribution < -0.4 is 0 Å². The summed E-state index contributed by atoms with van der Waals surface area (Å²) in [6, 6.07) is 0.353. The lowest BCUT2D eigenvalue weighted by molar-refractivity contribution is -0.199. The third-order valence-corrected chi connectivity index (χ3v) is 4.01. The fourth-order valence-corrected chi connectivity index (χ4v) is 2.87. The van der Waals surface area contributed by atoms with Gasteiger partial charge in [-0.1, -0.05) is 11.6 Å². The molecule has 1 fully saturated rings. The lowest BCUT2D eigenvalue weighted by atomic mass is 9.98. The quantitative estimate of drug-likeness (QED) is 0.436. The van der Waals surface area contributed by atoms with Crippen molar-refractivity contribution in [3.8, 4) is 0 Å². The van der Waals surface area contributed by atoms with Gasteiger partial charge in [-0.25, -0.2) is 4.90 Å². The predicted octanol–water partition coefficient (Wildman–Crippen LogP) is 0.652. The van der Waals surface area contributed by atoms with Gasteiger partial charge in [0.2, 0.25) is 6.41 Å². The predicted molar refractivity (Wildman–Crippen MR) is 73.8 cm³/mol. The Morgan fingerprint density at radius 1 is 1.42 bits per heavy atom. The highest BCUT2D eigenvalue weighted by molar-refractivity contribution is 5.16. The fraction of sp³-hybridized carbons (Fsp3) is 0.857. The van der Waals surface area contributed by atoms with E-state index in [1.54, 1.807) is 7.11 Å². The second kappa shape index (κ2) is 7.36. The molecule has 0 aromatic carbocycles. The Hall–Kier alpha value is -0.460. The standard InChI is InChI=1S/C14H26N2O3/c1-15-8-5-12(6-9-15)13-4-3-7-16(13)14(17)19-11-10-18-2/h5,13-14,17H,3-4,6-11H2,1-2H3/t13-,14?/m0/s1. The second-order valence-corrected chi connectivity index (χ2v) is 5.38. The molecule has 0 spiro atoms. The van der Waals surface area contributed by atoms with Crippen LogP contribution in [-0.4, -0.2) is 74.4 Å². The highest BCUT2D eigenvalue weighted by atomic mass is 16.6. The van der Waals surface area contributed by atoms with Crippen LogP contribution in [0.4, 0.5) is 0 Å². The number of methoxy groups -OCH3 is 1. The number of ether oxygens (including phenoxy) is 2. The minimum atomic E-state index is -0.803. The molecule has 2 atom stereocenters. The molecule has 2 aliphatic rings. The van der Waals surface area contributed by atoms with Crippen LogP contribution in [0.2, 0.25) is 0 Å². The maximum atomic E-state index is 10.1. The van der Waals surface area contributed by atoms with Crippen LogP contribution in [0, 0.1) is 0 Å². The molecule has 2 rings (SSSR count). The van der Waals surface area contributed by atoms with Crippen molar-refractivity contribution >= 4 is 0 Å². The Kier molecular flexibility index (Phi) is 5.78. The summed E-state index contributed by atoms with van der Waals surface area (Å²) in [5.41, 5.74) is 1.46. The molecule has 0 amide bonds. The molecule has 0 aromatic rings. The van der Waals surface area contributed by atoms with E-state index < -0.39 is 6.41 Å². The van der Waals surface area contributed by atoms with E-state index in [2.05, 4.69) is 22.9 Å². The third kappa shape index (κ3) is 4.00. The molecule has 5 nitrogen and oxygen atoms in total. The van der Waals surface area contributed by atoms with Gasteiger partial charge in [-0.15, -0.1) is 0 Å². The molecule has 0 aliphatic carbocycles. The van der Waals surface area contributed by atoms with E-state index in [4.69, 9.17) is 9.47 Å². The minimum absolute atomic E-state index is 0.353. The second-order valence-electron chi connectivity index (χ2n) is 5.38. The van der Waals surface area contributed by atoms with Crippen molar-refractivity contribution < 1.29 is 14.6 Å². The summed E-state index contributed by atoms with van der Waals surface area (Å²) < 4.78 is 10.4. The van der Waals surface area contributed by atoms with Crippen molar-refractivity contribution in [2.45, 2.75) is 31.7 Å². The van der Waals surface area contributed by atoms with Crippen LogP contribution in [0.3, 0.4) is 0 Å². The van der Waals surface area contributed by atoms with Crippen molar-refractivity contribution in [2.24, 2.45) is 0 Å². The minimum Gasteiger partial charge on any atom is -0.382 e. The van der Waals surface area contributed by atoms with Gasteiger partial charge in [0.1, 0.15) is 0 Å². The van der Waals surface area contributed by atoms with Crippen molar-refractivity contribution in [3.63, 3.8) is 0 Å². The van der Waals surface area contributed by atoms with E-state index in [9.17, 15) is 5.11 Å². The summed E-state index contributed by atoms with van der Waals surface area (Å²) in [5.74, 6) is 0. The van der Waals surface area contributed by atoms with Gasteiger partial charge >= 0.3 is 0 Å². The number of hydrogen-bond donors (Lipinski definition) is 1. The number of likely N-dealkylation sites (tertiary alicyclic amines) is 1. The van der Waals surface area contributed by atoms with Crippen LogP contribution in [0.15, 0.2) is 11.6 Å². The Labute approximate surface area is 115 Å². The van der Waals surface area contributed by atoms with Crippen LogP contribution in [0.25, 0.3) is 0 Å². The summed E-state index contributed by atoms with van der Waals surface area (Å²) in [6.45, 7) is 3.98. The first-order valence-corrected chi connectivity index (χ1v) is 7.14. The highest BCUT2D eigenvalue weighted by Crippen LogP contribution is 2.28. The number of aliphatic hydroxyl groups is 1. The topological polar surface area (TPSA) is 45.2 Å². The van der Waals surface area contributed by atoms with Crippen molar-refractivity contribution in [3.05, 3.63) is 11.6 Å². The van der Waals surface area contributed by atoms with E-state index in [1.165, 1.54) is 5.57 Å². The number of hydrogen-bond acceptors (Lipinski definition) is 5. The van der Waals surface area contributed by atoms with Gasteiger partial charge in [-0.2, -0.15) is 0 Å². The molecule has 0 aromatic heterocycles. The maximum Gasteiger partial charge on any atom is 0.216 e. The van der Waals surface area contributed by atoms with Gasteiger partial charge in [0.25, 0.3) is 0 Å².